The normalized spacial score (nSPS) is 22.8. The van der Waals surface area contributed by atoms with E-state index < -0.39 is 0 Å². The van der Waals surface area contributed by atoms with Crippen LogP contribution in [0.5, 0.6) is 0 Å². The highest BCUT2D eigenvalue weighted by molar-refractivity contribution is 5.74. The van der Waals surface area contributed by atoms with E-state index in [0.29, 0.717) is 11.8 Å². The molecule has 0 aliphatic carbocycles. The number of nitrogens with one attached hydrogen (secondary N) is 1. The molecule has 0 spiro atoms. The molecule has 2 aliphatic rings. The Balaban J connectivity index is 1.36. The van der Waals surface area contributed by atoms with E-state index in [9.17, 15) is 4.79 Å². The summed E-state index contributed by atoms with van der Waals surface area (Å²) in [6.45, 7) is 4.19. The summed E-state index contributed by atoms with van der Waals surface area (Å²) in [5.74, 6) is 1.17. The van der Waals surface area contributed by atoms with E-state index in [0.717, 1.165) is 58.5 Å². The lowest BCUT2D eigenvalue weighted by atomic mass is 9.90. The summed E-state index contributed by atoms with van der Waals surface area (Å²) in [5, 5.41) is 3.08. The minimum absolute atomic E-state index is 0.0925. The molecule has 0 unspecified atom stereocenters. The zero-order valence-corrected chi connectivity index (χ0v) is 13.7. The predicted molar refractivity (Wildman–Crippen MR) is 89.3 cm³/mol. The van der Waals surface area contributed by atoms with Gasteiger partial charge in [0.05, 0.1) is 0 Å². The number of ether oxygens (including phenoxy) is 1. The van der Waals surface area contributed by atoms with Gasteiger partial charge in [-0.25, -0.2) is 4.79 Å². The van der Waals surface area contributed by atoms with Crippen molar-refractivity contribution in [1.82, 2.24) is 15.2 Å². The minimum atomic E-state index is 0.0925. The number of likely N-dealkylation sites (tertiary alicyclic amines) is 1. The van der Waals surface area contributed by atoms with Crippen LogP contribution in [0.4, 0.5) is 4.79 Å². The zero-order chi connectivity index (χ0) is 15.9. The number of urea groups is 1. The van der Waals surface area contributed by atoms with Crippen molar-refractivity contribution in [3.05, 3.63) is 30.1 Å². The third-order valence-corrected chi connectivity index (χ3v) is 5.04. The van der Waals surface area contributed by atoms with Crippen molar-refractivity contribution in [2.75, 3.05) is 32.8 Å². The Morgan fingerprint density at radius 3 is 2.74 bits per heavy atom. The average Bonchev–Trinajstić information content (AvgIpc) is 2.63. The SMILES string of the molecule is O=C(NCC[C@@H]1CCCOC1)N1CCC(c2ccncc2)CC1. The Labute approximate surface area is 138 Å². The Morgan fingerprint density at radius 2 is 2.04 bits per heavy atom. The number of amides is 2. The van der Waals surface area contributed by atoms with Crippen LogP contribution in [0.25, 0.3) is 0 Å². The van der Waals surface area contributed by atoms with Crippen LogP contribution in [0.3, 0.4) is 0 Å². The molecule has 2 aliphatic heterocycles. The molecule has 1 N–H and O–H groups in total. The van der Waals surface area contributed by atoms with E-state index in [1.54, 1.807) is 0 Å². The van der Waals surface area contributed by atoms with Crippen molar-refractivity contribution >= 4 is 6.03 Å². The molecule has 1 atom stereocenters. The number of carbonyl (C=O) groups excluding carboxylic acids is 1. The number of piperidine rings is 1. The van der Waals surface area contributed by atoms with Gasteiger partial charge >= 0.3 is 6.03 Å². The summed E-state index contributed by atoms with van der Waals surface area (Å²) in [4.78, 5) is 18.3. The maximum absolute atomic E-state index is 12.3. The first-order valence-corrected chi connectivity index (χ1v) is 8.83. The highest BCUT2D eigenvalue weighted by Crippen LogP contribution is 2.27. The molecule has 3 heterocycles. The van der Waals surface area contributed by atoms with Gasteiger partial charge in [-0.2, -0.15) is 0 Å². The molecular formula is C18H27N3O2. The van der Waals surface area contributed by atoms with Crippen LogP contribution in [0.15, 0.2) is 24.5 Å². The van der Waals surface area contributed by atoms with Gasteiger partial charge in [-0.3, -0.25) is 4.98 Å². The first-order chi connectivity index (χ1) is 11.3. The maximum atomic E-state index is 12.3. The average molecular weight is 317 g/mol. The van der Waals surface area contributed by atoms with Crippen molar-refractivity contribution < 1.29 is 9.53 Å². The number of hydrogen-bond donors (Lipinski definition) is 1. The van der Waals surface area contributed by atoms with Crippen molar-refractivity contribution in [2.45, 2.75) is 38.0 Å². The molecule has 1 aromatic heterocycles. The Hall–Kier alpha value is -1.62. The molecule has 2 fully saturated rings. The van der Waals surface area contributed by atoms with Crippen LogP contribution in [-0.2, 0) is 4.74 Å². The Morgan fingerprint density at radius 1 is 1.26 bits per heavy atom. The van der Waals surface area contributed by atoms with E-state index in [1.807, 2.05) is 17.3 Å². The first-order valence-electron chi connectivity index (χ1n) is 8.83. The lowest BCUT2D eigenvalue weighted by Crippen LogP contribution is -2.44. The molecule has 0 radical (unpaired) electrons. The van der Waals surface area contributed by atoms with E-state index in [2.05, 4.69) is 22.4 Å². The molecule has 0 saturated carbocycles. The topological polar surface area (TPSA) is 54.5 Å². The molecule has 126 valence electrons. The van der Waals surface area contributed by atoms with Crippen molar-refractivity contribution in [2.24, 2.45) is 5.92 Å². The minimum Gasteiger partial charge on any atom is -0.381 e. The number of aromatic nitrogens is 1. The standard InChI is InChI=1S/C18H27N3O2/c22-18(20-10-3-15-2-1-13-23-14-15)21-11-6-17(7-12-21)16-4-8-19-9-5-16/h4-5,8-9,15,17H,1-3,6-7,10-14H2,(H,20,22)/t15-/m0/s1. The Kier molecular flexibility index (Phi) is 5.86. The van der Waals surface area contributed by atoms with Crippen LogP contribution in [-0.4, -0.2) is 48.8 Å². The van der Waals surface area contributed by atoms with Crippen LogP contribution in [0.2, 0.25) is 0 Å². The Bertz CT molecular complexity index is 480. The third kappa shape index (κ3) is 4.67. The lowest BCUT2D eigenvalue weighted by Gasteiger charge is -2.32. The van der Waals surface area contributed by atoms with Crippen molar-refractivity contribution in [3.8, 4) is 0 Å². The largest absolute Gasteiger partial charge is 0.381 e. The summed E-state index contributed by atoms with van der Waals surface area (Å²) >= 11 is 0. The quantitative estimate of drug-likeness (QED) is 0.929. The zero-order valence-electron chi connectivity index (χ0n) is 13.7. The van der Waals surface area contributed by atoms with Gasteiger partial charge in [0.2, 0.25) is 0 Å². The molecule has 5 nitrogen and oxygen atoms in total. The van der Waals surface area contributed by atoms with Crippen LogP contribution >= 0.6 is 0 Å². The predicted octanol–water partition coefficient (Wildman–Crippen LogP) is 2.79. The highest BCUT2D eigenvalue weighted by Gasteiger charge is 2.23. The van der Waals surface area contributed by atoms with E-state index in [4.69, 9.17) is 4.74 Å². The van der Waals surface area contributed by atoms with Gasteiger partial charge in [0, 0.05) is 45.2 Å². The highest BCUT2D eigenvalue weighted by atomic mass is 16.5. The molecular weight excluding hydrogens is 290 g/mol. The second-order valence-electron chi connectivity index (χ2n) is 6.65. The monoisotopic (exact) mass is 317 g/mol. The van der Waals surface area contributed by atoms with Gasteiger partial charge in [0.25, 0.3) is 0 Å². The summed E-state index contributed by atoms with van der Waals surface area (Å²) in [5.41, 5.74) is 1.34. The number of rotatable bonds is 4. The molecule has 0 aromatic carbocycles. The molecule has 23 heavy (non-hydrogen) atoms. The molecule has 2 saturated heterocycles. The van der Waals surface area contributed by atoms with E-state index >= 15 is 0 Å². The van der Waals surface area contributed by atoms with Gasteiger partial charge in [0.15, 0.2) is 0 Å². The lowest BCUT2D eigenvalue weighted by molar-refractivity contribution is 0.0518. The second kappa shape index (κ2) is 8.29. The first kappa shape index (κ1) is 16.2. The number of carbonyl (C=O) groups is 1. The van der Waals surface area contributed by atoms with E-state index in [-0.39, 0.29) is 6.03 Å². The van der Waals surface area contributed by atoms with Crippen LogP contribution in [0, 0.1) is 5.92 Å². The molecule has 3 rings (SSSR count). The van der Waals surface area contributed by atoms with Gasteiger partial charge in [0.1, 0.15) is 0 Å². The van der Waals surface area contributed by atoms with E-state index in [1.165, 1.54) is 12.0 Å². The smallest absolute Gasteiger partial charge is 0.317 e. The van der Waals surface area contributed by atoms with Gasteiger partial charge in [-0.1, -0.05) is 0 Å². The number of hydrogen-bond acceptors (Lipinski definition) is 3. The number of nitrogens with zero attached hydrogens (tertiary/aromatic N) is 2. The fourth-order valence-corrected chi connectivity index (χ4v) is 3.58. The molecule has 5 heteroatoms. The molecule has 2 amide bonds. The summed E-state index contributed by atoms with van der Waals surface area (Å²) in [7, 11) is 0. The van der Waals surface area contributed by atoms with Crippen LogP contribution < -0.4 is 5.32 Å². The van der Waals surface area contributed by atoms with Gasteiger partial charge in [-0.15, -0.1) is 0 Å². The molecule has 0 bridgehead atoms. The fourth-order valence-electron chi connectivity index (χ4n) is 3.58. The fraction of sp³-hybridized carbons (Fsp3) is 0.667. The van der Waals surface area contributed by atoms with Crippen LogP contribution in [0.1, 0.15) is 43.6 Å². The maximum Gasteiger partial charge on any atom is 0.317 e. The van der Waals surface area contributed by atoms with Crippen molar-refractivity contribution in [1.29, 1.82) is 0 Å². The summed E-state index contributed by atoms with van der Waals surface area (Å²) < 4.78 is 5.48. The summed E-state index contributed by atoms with van der Waals surface area (Å²) in [6, 6.07) is 4.27. The van der Waals surface area contributed by atoms with Crippen molar-refractivity contribution in [3.63, 3.8) is 0 Å². The second-order valence-corrected chi connectivity index (χ2v) is 6.65. The van der Waals surface area contributed by atoms with Gasteiger partial charge < -0.3 is 15.0 Å². The van der Waals surface area contributed by atoms with Gasteiger partial charge in [-0.05, 0) is 61.6 Å². The third-order valence-electron chi connectivity index (χ3n) is 5.04. The number of pyridine rings is 1. The summed E-state index contributed by atoms with van der Waals surface area (Å²) in [6.07, 6.45) is 9.18. The molecule has 1 aromatic rings.